The van der Waals surface area contributed by atoms with Crippen LogP contribution in [0.5, 0.6) is 0 Å². The third kappa shape index (κ3) is 3.65. The molecule has 0 aliphatic rings. The van der Waals surface area contributed by atoms with E-state index in [0.29, 0.717) is 15.7 Å². The van der Waals surface area contributed by atoms with Gasteiger partial charge in [-0.15, -0.1) is 0 Å². The van der Waals surface area contributed by atoms with E-state index in [0.717, 1.165) is 0 Å². The highest BCUT2D eigenvalue weighted by Gasteiger charge is 2.25. The molecule has 0 heterocycles. The van der Waals surface area contributed by atoms with Gasteiger partial charge in [0.15, 0.2) is 6.04 Å². The molecule has 2 rings (SSSR count). The zero-order valence-electron chi connectivity index (χ0n) is 11.1. The fraction of sp³-hybridized carbons (Fsp3) is 0.133. The molecule has 0 amide bonds. The van der Waals surface area contributed by atoms with Gasteiger partial charge in [0, 0.05) is 10.6 Å². The molecule has 110 valence electrons. The van der Waals surface area contributed by atoms with Crippen LogP contribution in [0.4, 0.5) is 10.1 Å². The van der Waals surface area contributed by atoms with E-state index in [2.05, 4.69) is 5.32 Å². The minimum absolute atomic E-state index is 0.0919. The van der Waals surface area contributed by atoms with Crippen molar-refractivity contribution in [2.45, 2.75) is 6.04 Å². The monoisotopic (exact) mass is 327 g/mol. The van der Waals surface area contributed by atoms with E-state index in [4.69, 9.17) is 27.9 Å². The molecular formula is C15H12Cl2FNO2. The summed E-state index contributed by atoms with van der Waals surface area (Å²) >= 11 is 11.9. The van der Waals surface area contributed by atoms with Crippen LogP contribution in [0.25, 0.3) is 0 Å². The maximum atomic E-state index is 14.0. The van der Waals surface area contributed by atoms with Gasteiger partial charge in [0.05, 0.1) is 17.8 Å². The van der Waals surface area contributed by atoms with Gasteiger partial charge in [0.25, 0.3) is 0 Å². The van der Waals surface area contributed by atoms with Crippen molar-refractivity contribution < 1.29 is 13.9 Å². The van der Waals surface area contributed by atoms with Crippen molar-refractivity contribution in [1.82, 2.24) is 0 Å². The molecule has 1 N–H and O–H groups in total. The average molecular weight is 328 g/mol. The standard InChI is InChI=1S/C15H12Cl2FNO2/c1-21-15(20)14(10-8-9(16)6-7-12(10)18)19-13-5-3-2-4-11(13)17/h2-8,14,19H,1H3. The van der Waals surface area contributed by atoms with Crippen LogP contribution in [0.2, 0.25) is 10.0 Å². The molecule has 0 radical (unpaired) electrons. The predicted octanol–water partition coefficient (Wildman–Crippen LogP) is 4.46. The lowest BCUT2D eigenvalue weighted by atomic mass is 10.1. The van der Waals surface area contributed by atoms with E-state index in [1.165, 1.54) is 25.3 Å². The van der Waals surface area contributed by atoms with E-state index < -0.39 is 17.8 Å². The average Bonchev–Trinajstić information content (AvgIpc) is 2.48. The van der Waals surface area contributed by atoms with E-state index >= 15 is 0 Å². The Morgan fingerprint density at radius 2 is 1.95 bits per heavy atom. The Labute approximate surface area is 131 Å². The number of para-hydroxylation sites is 1. The number of hydrogen-bond donors (Lipinski definition) is 1. The summed E-state index contributed by atoms with van der Waals surface area (Å²) in [5.74, 6) is -1.20. The van der Waals surface area contributed by atoms with Crippen LogP contribution in [0, 0.1) is 5.82 Å². The second-order valence-electron chi connectivity index (χ2n) is 4.25. The predicted molar refractivity (Wildman–Crippen MR) is 81.2 cm³/mol. The normalized spacial score (nSPS) is 11.8. The Morgan fingerprint density at radius 1 is 1.24 bits per heavy atom. The topological polar surface area (TPSA) is 38.3 Å². The highest BCUT2D eigenvalue weighted by molar-refractivity contribution is 6.33. The SMILES string of the molecule is COC(=O)C(Nc1ccccc1Cl)c1cc(Cl)ccc1F. The van der Waals surface area contributed by atoms with Gasteiger partial charge in [-0.2, -0.15) is 0 Å². The highest BCUT2D eigenvalue weighted by Crippen LogP contribution is 2.29. The maximum absolute atomic E-state index is 14.0. The van der Waals surface area contributed by atoms with Gasteiger partial charge in [-0.1, -0.05) is 35.3 Å². The molecule has 2 aromatic rings. The van der Waals surface area contributed by atoms with Crippen LogP contribution in [-0.2, 0) is 9.53 Å². The number of hydrogen-bond acceptors (Lipinski definition) is 3. The number of benzene rings is 2. The molecular weight excluding hydrogens is 316 g/mol. The van der Waals surface area contributed by atoms with E-state index in [1.54, 1.807) is 24.3 Å². The molecule has 3 nitrogen and oxygen atoms in total. The van der Waals surface area contributed by atoms with E-state index in [9.17, 15) is 9.18 Å². The molecule has 0 aromatic heterocycles. The number of esters is 1. The van der Waals surface area contributed by atoms with Gasteiger partial charge in [0.2, 0.25) is 0 Å². The Bertz CT molecular complexity index is 664. The van der Waals surface area contributed by atoms with Crippen molar-refractivity contribution in [3.63, 3.8) is 0 Å². The molecule has 0 aliphatic heterocycles. The summed E-state index contributed by atoms with van der Waals surface area (Å²) in [4.78, 5) is 12.0. The molecule has 1 unspecified atom stereocenters. The number of anilines is 1. The lowest BCUT2D eigenvalue weighted by Gasteiger charge is -2.19. The van der Waals surface area contributed by atoms with Crippen molar-refractivity contribution in [2.24, 2.45) is 0 Å². The van der Waals surface area contributed by atoms with Crippen LogP contribution in [-0.4, -0.2) is 13.1 Å². The number of methoxy groups -OCH3 is 1. The van der Waals surface area contributed by atoms with Crippen molar-refractivity contribution in [3.05, 3.63) is 63.9 Å². The van der Waals surface area contributed by atoms with Crippen LogP contribution in [0.3, 0.4) is 0 Å². The van der Waals surface area contributed by atoms with Crippen LogP contribution in [0.15, 0.2) is 42.5 Å². The van der Waals surface area contributed by atoms with Gasteiger partial charge < -0.3 is 10.1 Å². The highest BCUT2D eigenvalue weighted by atomic mass is 35.5. The van der Waals surface area contributed by atoms with Gasteiger partial charge >= 0.3 is 5.97 Å². The van der Waals surface area contributed by atoms with Crippen molar-refractivity contribution in [3.8, 4) is 0 Å². The zero-order valence-corrected chi connectivity index (χ0v) is 12.6. The Balaban J connectivity index is 2.42. The third-order valence-corrected chi connectivity index (χ3v) is 3.44. The minimum atomic E-state index is -1.05. The molecule has 2 aromatic carbocycles. The van der Waals surface area contributed by atoms with Gasteiger partial charge in [-0.3, -0.25) is 0 Å². The largest absolute Gasteiger partial charge is 0.467 e. The Hall–Kier alpha value is -1.78. The van der Waals surface area contributed by atoms with E-state index in [1.807, 2.05) is 0 Å². The first kappa shape index (κ1) is 15.6. The van der Waals surface area contributed by atoms with Gasteiger partial charge in [0.1, 0.15) is 5.82 Å². The number of carbonyl (C=O) groups excluding carboxylic acids is 1. The number of ether oxygens (including phenoxy) is 1. The number of halogens is 3. The first-order valence-corrected chi connectivity index (χ1v) is 6.82. The number of nitrogens with one attached hydrogen (secondary N) is 1. The lowest BCUT2D eigenvalue weighted by molar-refractivity contribution is -0.141. The summed E-state index contributed by atoms with van der Waals surface area (Å²) in [6.45, 7) is 0. The van der Waals surface area contributed by atoms with Gasteiger partial charge in [-0.25, -0.2) is 9.18 Å². The smallest absolute Gasteiger partial charge is 0.333 e. The summed E-state index contributed by atoms with van der Waals surface area (Å²) in [6.07, 6.45) is 0. The summed E-state index contributed by atoms with van der Waals surface area (Å²) in [5.41, 5.74) is 0.586. The summed E-state index contributed by atoms with van der Waals surface area (Å²) in [7, 11) is 1.23. The summed E-state index contributed by atoms with van der Waals surface area (Å²) in [6, 6.07) is 9.77. The van der Waals surface area contributed by atoms with Crippen molar-refractivity contribution >= 4 is 34.9 Å². The van der Waals surface area contributed by atoms with Crippen LogP contribution >= 0.6 is 23.2 Å². The lowest BCUT2D eigenvalue weighted by Crippen LogP contribution is -2.23. The fourth-order valence-corrected chi connectivity index (χ4v) is 2.22. The minimum Gasteiger partial charge on any atom is -0.467 e. The molecule has 0 saturated heterocycles. The quantitative estimate of drug-likeness (QED) is 0.842. The molecule has 1 atom stereocenters. The van der Waals surface area contributed by atoms with Crippen molar-refractivity contribution in [1.29, 1.82) is 0 Å². The second-order valence-corrected chi connectivity index (χ2v) is 5.09. The molecule has 6 heteroatoms. The van der Waals surface area contributed by atoms with Crippen LogP contribution in [0.1, 0.15) is 11.6 Å². The van der Waals surface area contributed by atoms with Gasteiger partial charge in [-0.05, 0) is 30.3 Å². The molecule has 0 bridgehead atoms. The number of carbonyl (C=O) groups is 1. The van der Waals surface area contributed by atoms with Crippen molar-refractivity contribution in [2.75, 3.05) is 12.4 Å². The molecule has 0 aliphatic carbocycles. The first-order chi connectivity index (χ1) is 10.0. The number of rotatable bonds is 4. The zero-order chi connectivity index (χ0) is 15.4. The fourth-order valence-electron chi connectivity index (χ4n) is 1.85. The van der Waals surface area contributed by atoms with Crippen LogP contribution < -0.4 is 5.32 Å². The Kier molecular flexibility index (Phi) is 5.04. The Morgan fingerprint density at radius 3 is 2.62 bits per heavy atom. The molecule has 0 fully saturated rings. The molecule has 0 spiro atoms. The molecule has 21 heavy (non-hydrogen) atoms. The third-order valence-electron chi connectivity index (χ3n) is 2.88. The first-order valence-electron chi connectivity index (χ1n) is 6.06. The van der Waals surface area contributed by atoms with E-state index in [-0.39, 0.29) is 5.56 Å². The summed E-state index contributed by atoms with van der Waals surface area (Å²) < 4.78 is 18.7. The second kappa shape index (κ2) is 6.78. The maximum Gasteiger partial charge on any atom is 0.333 e. The molecule has 0 saturated carbocycles. The summed E-state index contributed by atoms with van der Waals surface area (Å²) in [5, 5.41) is 3.61.